The zero-order valence-corrected chi connectivity index (χ0v) is 9.61. The molecular formula is C10H19NO4. The topological polar surface area (TPSA) is 67.8 Å². The number of nitrogens with one attached hydrogen (secondary N) is 1. The molecule has 0 amide bonds. The maximum absolute atomic E-state index is 11.7. The number of carbonyl (C=O) groups excluding carboxylic acids is 1. The van der Waals surface area contributed by atoms with E-state index < -0.39 is 17.7 Å². The number of aliphatic hydroxyl groups is 1. The Balaban J connectivity index is 2.82. The molecular weight excluding hydrogens is 198 g/mol. The molecule has 1 fully saturated rings. The van der Waals surface area contributed by atoms with E-state index in [0.29, 0.717) is 6.61 Å². The number of ether oxygens (including phenoxy) is 1. The quantitative estimate of drug-likeness (QED) is 0.671. The highest BCUT2D eigenvalue weighted by molar-refractivity contribution is 5.74. The fraction of sp³-hybridized carbons (Fsp3) is 0.900. The number of hydroxylamine groups is 1. The first-order chi connectivity index (χ1) is 6.90. The third-order valence-electron chi connectivity index (χ3n) is 2.60. The van der Waals surface area contributed by atoms with Crippen LogP contribution < -0.4 is 5.48 Å². The molecule has 1 rings (SSSR count). The molecule has 3 atom stereocenters. The number of rotatable bonds is 3. The summed E-state index contributed by atoms with van der Waals surface area (Å²) < 4.78 is 4.92. The van der Waals surface area contributed by atoms with Gasteiger partial charge in [-0.25, -0.2) is 0 Å². The number of hydrogen-bond acceptors (Lipinski definition) is 5. The average Bonchev–Trinajstić information content (AvgIpc) is 2.41. The van der Waals surface area contributed by atoms with Gasteiger partial charge in [0.1, 0.15) is 5.92 Å². The Morgan fingerprint density at radius 3 is 2.73 bits per heavy atom. The van der Waals surface area contributed by atoms with Gasteiger partial charge in [0.25, 0.3) is 0 Å². The molecule has 1 saturated heterocycles. The molecule has 1 heterocycles. The van der Waals surface area contributed by atoms with Crippen molar-refractivity contribution in [2.75, 3.05) is 6.61 Å². The smallest absolute Gasteiger partial charge is 0.316 e. The number of carbonyl (C=O) groups is 1. The minimum atomic E-state index is -1.50. The van der Waals surface area contributed by atoms with Crippen molar-refractivity contribution in [3.05, 3.63) is 0 Å². The standard InChI is InChI=1S/C10H19NO4/c1-5-14-9(12)7-8(6(2)3)11-15-10(7,4)13/h6-8,11,13H,5H2,1-4H3/t7-,8+,10?/m1/s1. The van der Waals surface area contributed by atoms with Crippen LogP contribution in [0.15, 0.2) is 0 Å². The lowest BCUT2D eigenvalue weighted by molar-refractivity contribution is -0.213. The third kappa shape index (κ3) is 2.48. The Morgan fingerprint density at radius 2 is 2.27 bits per heavy atom. The van der Waals surface area contributed by atoms with Crippen molar-refractivity contribution in [1.82, 2.24) is 5.48 Å². The average molecular weight is 217 g/mol. The van der Waals surface area contributed by atoms with E-state index in [-0.39, 0.29) is 12.0 Å². The minimum absolute atomic E-state index is 0.174. The fourth-order valence-electron chi connectivity index (χ4n) is 1.77. The van der Waals surface area contributed by atoms with Crippen molar-refractivity contribution in [1.29, 1.82) is 0 Å². The van der Waals surface area contributed by atoms with Crippen LogP contribution in [0.25, 0.3) is 0 Å². The van der Waals surface area contributed by atoms with Crippen LogP contribution >= 0.6 is 0 Å². The van der Waals surface area contributed by atoms with Gasteiger partial charge in [0, 0.05) is 0 Å². The van der Waals surface area contributed by atoms with Crippen LogP contribution in [-0.2, 0) is 14.4 Å². The van der Waals surface area contributed by atoms with Gasteiger partial charge >= 0.3 is 5.97 Å². The zero-order chi connectivity index (χ0) is 11.6. The molecule has 0 saturated carbocycles. The Kier molecular flexibility index (Phi) is 3.70. The molecule has 0 aromatic carbocycles. The molecule has 1 aliphatic heterocycles. The van der Waals surface area contributed by atoms with E-state index in [4.69, 9.17) is 9.57 Å². The van der Waals surface area contributed by atoms with Crippen LogP contribution in [-0.4, -0.2) is 29.5 Å². The molecule has 5 heteroatoms. The highest BCUT2D eigenvalue weighted by atomic mass is 16.8. The second kappa shape index (κ2) is 4.47. The molecule has 5 nitrogen and oxygen atoms in total. The summed E-state index contributed by atoms with van der Waals surface area (Å²) in [7, 11) is 0. The summed E-state index contributed by atoms with van der Waals surface area (Å²) in [6.45, 7) is 7.41. The van der Waals surface area contributed by atoms with Gasteiger partial charge in [-0.15, -0.1) is 0 Å². The number of esters is 1. The van der Waals surface area contributed by atoms with Gasteiger partial charge in [0.05, 0.1) is 12.6 Å². The largest absolute Gasteiger partial charge is 0.466 e. The van der Waals surface area contributed by atoms with Gasteiger partial charge in [-0.1, -0.05) is 13.8 Å². The molecule has 0 bridgehead atoms. The molecule has 0 aliphatic carbocycles. The summed E-state index contributed by atoms with van der Waals surface area (Å²) in [6.07, 6.45) is 0. The number of hydrogen-bond donors (Lipinski definition) is 2. The predicted molar refractivity (Wildman–Crippen MR) is 53.6 cm³/mol. The molecule has 2 N–H and O–H groups in total. The molecule has 15 heavy (non-hydrogen) atoms. The minimum Gasteiger partial charge on any atom is -0.466 e. The van der Waals surface area contributed by atoms with Crippen LogP contribution in [0, 0.1) is 11.8 Å². The van der Waals surface area contributed by atoms with E-state index in [9.17, 15) is 9.90 Å². The van der Waals surface area contributed by atoms with Crippen LogP contribution in [0.3, 0.4) is 0 Å². The SMILES string of the molecule is CCOC(=O)[C@H]1[C@H](C(C)C)NOC1(C)O. The molecule has 0 aromatic rings. The molecule has 1 aliphatic rings. The normalized spacial score (nSPS) is 35.9. The van der Waals surface area contributed by atoms with Crippen molar-refractivity contribution in [2.45, 2.75) is 39.5 Å². The Bertz CT molecular complexity index is 240. The van der Waals surface area contributed by atoms with Crippen LogP contribution in [0.4, 0.5) is 0 Å². The highest BCUT2D eigenvalue weighted by Crippen LogP contribution is 2.32. The lowest BCUT2D eigenvalue weighted by Gasteiger charge is -2.25. The van der Waals surface area contributed by atoms with Crippen LogP contribution in [0.2, 0.25) is 0 Å². The van der Waals surface area contributed by atoms with Gasteiger partial charge < -0.3 is 9.84 Å². The van der Waals surface area contributed by atoms with Crippen LogP contribution in [0.5, 0.6) is 0 Å². The maximum Gasteiger partial charge on any atom is 0.316 e. The molecule has 1 unspecified atom stereocenters. The Morgan fingerprint density at radius 1 is 1.67 bits per heavy atom. The van der Waals surface area contributed by atoms with E-state index in [1.54, 1.807) is 6.92 Å². The summed E-state index contributed by atoms with van der Waals surface area (Å²) in [6, 6.07) is -0.223. The van der Waals surface area contributed by atoms with Gasteiger partial charge in [-0.2, -0.15) is 5.48 Å². The van der Waals surface area contributed by atoms with Gasteiger partial charge in [-0.3, -0.25) is 9.63 Å². The van der Waals surface area contributed by atoms with Crippen LogP contribution in [0.1, 0.15) is 27.7 Å². The summed E-state index contributed by atoms with van der Waals surface area (Å²) in [4.78, 5) is 16.7. The van der Waals surface area contributed by atoms with Crippen molar-refractivity contribution >= 4 is 5.97 Å². The summed E-state index contributed by atoms with van der Waals surface area (Å²) >= 11 is 0. The van der Waals surface area contributed by atoms with E-state index in [1.165, 1.54) is 6.92 Å². The molecule has 88 valence electrons. The lowest BCUT2D eigenvalue weighted by Crippen LogP contribution is -2.44. The summed E-state index contributed by atoms with van der Waals surface area (Å²) in [5.41, 5.74) is 2.68. The van der Waals surface area contributed by atoms with Crippen molar-refractivity contribution in [3.8, 4) is 0 Å². The highest BCUT2D eigenvalue weighted by Gasteiger charge is 2.52. The first kappa shape index (κ1) is 12.4. The monoisotopic (exact) mass is 217 g/mol. The van der Waals surface area contributed by atoms with E-state index in [1.807, 2.05) is 13.8 Å². The van der Waals surface area contributed by atoms with Crippen molar-refractivity contribution in [3.63, 3.8) is 0 Å². The molecule has 0 spiro atoms. The fourth-order valence-corrected chi connectivity index (χ4v) is 1.77. The first-order valence-electron chi connectivity index (χ1n) is 5.22. The van der Waals surface area contributed by atoms with E-state index >= 15 is 0 Å². The Hall–Kier alpha value is -0.650. The zero-order valence-electron chi connectivity index (χ0n) is 9.61. The first-order valence-corrected chi connectivity index (χ1v) is 5.22. The van der Waals surface area contributed by atoms with Gasteiger partial charge in [0.15, 0.2) is 5.79 Å². The van der Waals surface area contributed by atoms with Gasteiger partial charge in [0.2, 0.25) is 0 Å². The van der Waals surface area contributed by atoms with Gasteiger partial charge in [-0.05, 0) is 19.8 Å². The van der Waals surface area contributed by atoms with E-state index in [0.717, 1.165) is 0 Å². The summed E-state index contributed by atoms with van der Waals surface area (Å²) in [5, 5.41) is 9.89. The van der Waals surface area contributed by atoms with Crippen molar-refractivity contribution < 1.29 is 19.5 Å². The predicted octanol–water partition coefficient (Wildman–Crippen LogP) is 0.434. The van der Waals surface area contributed by atoms with Crippen molar-refractivity contribution in [2.24, 2.45) is 11.8 Å². The molecule has 0 radical (unpaired) electrons. The third-order valence-corrected chi connectivity index (χ3v) is 2.60. The Labute approximate surface area is 89.7 Å². The lowest BCUT2D eigenvalue weighted by atomic mass is 9.86. The van der Waals surface area contributed by atoms with E-state index in [2.05, 4.69) is 5.48 Å². The maximum atomic E-state index is 11.7. The molecule has 0 aromatic heterocycles. The second-order valence-corrected chi connectivity index (χ2v) is 4.27. The summed E-state index contributed by atoms with van der Waals surface area (Å²) in [5.74, 6) is -2.43. The second-order valence-electron chi connectivity index (χ2n) is 4.27.